The first-order chi connectivity index (χ1) is 22.8. The van der Waals surface area contributed by atoms with E-state index in [4.69, 9.17) is 42.6 Å². The lowest BCUT2D eigenvalue weighted by molar-refractivity contribution is -0.119. The lowest BCUT2D eigenvalue weighted by Crippen LogP contribution is -2.35. The molecule has 1 amide bonds. The van der Waals surface area contributed by atoms with Crippen molar-refractivity contribution in [2.45, 2.75) is 63.4 Å². The predicted molar refractivity (Wildman–Crippen MR) is 180 cm³/mol. The van der Waals surface area contributed by atoms with Gasteiger partial charge in [0.2, 0.25) is 17.7 Å². The number of carbonyl (C=O) groups excluding carboxylic acids is 1. The van der Waals surface area contributed by atoms with Gasteiger partial charge >= 0.3 is 0 Å². The van der Waals surface area contributed by atoms with E-state index < -0.39 is 0 Å². The zero-order valence-electron chi connectivity index (χ0n) is 26.2. The number of hydrogen-bond acceptors (Lipinski definition) is 10. The maximum atomic E-state index is 11.5. The topological polar surface area (TPSA) is 143 Å². The van der Waals surface area contributed by atoms with Gasteiger partial charge in [0.15, 0.2) is 0 Å². The average Bonchev–Trinajstić information content (AvgIpc) is 3.71. The number of ether oxygens (including phenoxy) is 2. The van der Waals surface area contributed by atoms with Crippen molar-refractivity contribution >= 4 is 29.1 Å². The summed E-state index contributed by atoms with van der Waals surface area (Å²) < 4.78 is 11.2. The summed E-state index contributed by atoms with van der Waals surface area (Å²) in [4.78, 5) is 30.2. The van der Waals surface area contributed by atoms with Crippen molar-refractivity contribution in [1.82, 2.24) is 35.9 Å². The van der Waals surface area contributed by atoms with Crippen LogP contribution in [0.3, 0.4) is 0 Å². The molecule has 11 nitrogen and oxygen atoms in total. The van der Waals surface area contributed by atoms with Crippen LogP contribution in [0.25, 0.3) is 33.6 Å². The summed E-state index contributed by atoms with van der Waals surface area (Å²) in [5, 5.41) is 20.5. The fraction of sp³-hybridized carbons (Fsp3) is 0.382. The third-order valence-corrected chi connectivity index (χ3v) is 9.39. The van der Waals surface area contributed by atoms with Crippen LogP contribution in [0.1, 0.15) is 43.5 Å². The van der Waals surface area contributed by atoms with Gasteiger partial charge in [0.1, 0.15) is 11.4 Å². The predicted octanol–water partition coefficient (Wildman–Crippen LogP) is 4.96. The van der Waals surface area contributed by atoms with Crippen molar-refractivity contribution in [1.29, 1.82) is 0 Å². The lowest BCUT2D eigenvalue weighted by atomic mass is 9.98. The van der Waals surface area contributed by atoms with E-state index in [-0.39, 0.29) is 24.1 Å². The van der Waals surface area contributed by atoms with Crippen LogP contribution in [-0.4, -0.2) is 69.9 Å². The minimum absolute atomic E-state index is 0.0827. The molecule has 1 aliphatic carbocycles. The number of rotatable bonds is 12. The quantitative estimate of drug-likeness (QED) is 0.162. The number of methoxy groups -OCH3 is 2. The number of benzene rings is 2. The highest BCUT2D eigenvalue weighted by molar-refractivity contribution is 6.39. The van der Waals surface area contributed by atoms with Gasteiger partial charge in [-0.2, -0.15) is 0 Å². The third kappa shape index (κ3) is 7.50. The third-order valence-electron chi connectivity index (χ3n) is 8.58. The van der Waals surface area contributed by atoms with Gasteiger partial charge in [0.25, 0.3) is 0 Å². The molecule has 3 heterocycles. The van der Waals surface area contributed by atoms with E-state index in [1.165, 1.54) is 0 Å². The zero-order chi connectivity index (χ0) is 32.9. The largest absolute Gasteiger partial charge is 0.480 e. The van der Waals surface area contributed by atoms with Crippen molar-refractivity contribution in [3.63, 3.8) is 0 Å². The summed E-state index contributed by atoms with van der Waals surface area (Å²) in [5.74, 6) is 0.879. The van der Waals surface area contributed by atoms with Crippen LogP contribution in [-0.2, 0) is 17.9 Å². The van der Waals surface area contributed by atoms with Crippen LogP contribution in [0.15, 0.2) is 48.8 Å². The van der Waals surface area contributed by atoms with E-state index in [0.717, 1.165) is 36.8 Å². The normalized spacial score (nSPS) is 19.2. The van der Waals surface area contributed by atoms with Gasteiger partial charge in [0.05, 0.1) is 54.2 Å². The van der Waals surface area contributed by atoms with Gasteiger partial charge < -0.3 is 30.5 Å². The van der Waals surface area contributed by atoms with E-state index in [9.17, 15) is 9.90 Å². The SMILES string of the molecule is COc1nc(-c2cccc(-c3cccc(-c4cnc(CN[C@@H]5CC[C@@H](O)C5)c(OC)n4)c3Cl)c2Cl)cnc1CNC[C@@H]1CCC(=O)N1. The summed E-state index contributed by atoms with van der Waals surface area (Å²) in [6.07, 6.45) is 6.93. The molecule has 0 radical (unpaired) electrons. The molecule has 0 bridgehead atoms. The van der Waals surface area contributed by atoms with Crippen LogP contribution < -0.4 is 25.4 Å². The molecule has 2 aromatic carbocycles. The Morgan fingerprint density at radius 1 is 0.851 bits per heavy atom. The van der Waals surface area contributed by atoms with Crippen molar-refractivity contribution in [3.8, 4) is 45.4 Å². The molecular weight excluding hydrogens is 641 g/mol. The summed E-state index contributed by atoms with van der Waals surface area (Å²) in [6.45, 7) is 1.56. The monoisotopic (exact) mass is 677 g/mol. The standard InChI is InChI=1S/C34H37Cl2N7O4/c1-46-33-28(15-37-14-20-10-12-30(45)41-20)39-16-26(42-33)24-7-3-5-22(31(24)35)23-6-4-8-25(32(23)36)27-17-40-29(34(43-27)47-2)18-38-19-9-11-21(44)13-19/h3-8,16-17,19-21,37-38,44H,9-15,18H2,1-2H3,(H,41,45)/t19-,20+,21-/m1/s1. The molecule has 2 aliphatic rings. The first-order valence-electron chi connectivity index (χ1n) is 15.6. The molecule has 4 aromatic rings. The second-order valence-electron chi connectivity index (χ2n) is 11.7. The number of nitrogens with zero attached hydrogens (tertiary/aromatic N) is 4. The first-order valence-corrected chi connectivity index (χ1v) is 16.4. The number of aliphatic hydroxyl groups is 1. The lowest BCUT2D eigenvalue weighted by Gasteiger charge is -2.16. The molecule has 0 spiro atoms. The molecule has 47 heavy (non-hydrogen) atoms. The second-order valence-corrected chi connectivity index (χ2v) is 12.5. The van der Waals surface area contributed by atoms with Gasteiger partial charge in [-0.1, -0.05) is 59.6 Å². The van der Waals surface area contributed by atoms with Gasteiger partial charge in [-0.15, -0.1) is 0 Å². The van der Waals surface area contributed by atoms with Crippen LogP contribution in [0, 0.1) is 0 Å². The summed E-state index contributed by atoms with van der Waals surface area (Å²) in [7, 11) is 3.12. The Morgan fingerprint density at radius 3 is 1.94 bits per heavy atom. The summed E-state index contributed by atoms with van der Waals surface area (Å²) >= 11 is 14.1. The molecule has 1 saturated carbocycles. The highest BCUT2D eigenvalue weighted by Gasteiger charge is 2.24. The Balaban J connectivity index is 1.22. The molecule has 2 aromatic heterocycles. The van der Waals surface area contributed by atoms with Crippen LogP contribution in [0.4, 0.5) is 0 Å². The molecule has 2 fully saturated rings. The highest BCUT2D eigenvalue weighted by atomic mass is 35.5. The number of aliphatic hydroxyl groups excluding tert-OH is 1. The Hall–Kier alpha value is -3.87. The number of halogens is 2. The van der Waals surface area contributed by atoms with Gasteiger partial charge in [0, 0.05) is 60.4 Å². The van der Waals surface area contributed by atoms with Crippen molar-refractivity contribution < 1.29 is 19.4 Å². The number of aromatic nitrogens is 4. The average molecular weight is 679 g/mol. The van der Waals surface area contributed by atoms with Crippen molar-refractivity contribution in [3.05, 3.63) is 70.2 Å². The van der Waals surface area contributed by atoms with E-state index in [0.29, 0.717) is 81.8 Å². The fourth-order valence-corrected chi connectivity index (χ4v) is 6.73. The molecule has 13 heteroatoms. The Labute approximate surface area is 283 Å². The Kier molecular flexibility index (Phi) is 10.5. The first kappa shape index (κ1) is 33.0. The molecule has 246 valence electrons. The molecule has 6 rings (SSSR count). The number of carbonyl (C=O) groups is 1. The Bertz CT molecular complexity index is 1760. The number of hydrogen-bond donors (Lipinski definition) is 4. The summed E-state index contributed by atoms with van der Waals surface area (Å²) in [6, 6.07) is 11.7. The number of nitrogens with one attached hydrogen (secondary N) is 3. The van der Waals surface area contributed by atoms with Crippen LogP contribution >= 0.6 is 23.2 Å². The van der Waals surface area contributed by atoms with Crippen molar-refractivity contribution in [2.75, 3.05) is 20.8 Å². The maximum Gasteiger partial charge on any atom is 0.237 e. The van der Waals surface area contributed by atoms with Crippen LogP contribution in [0.5, 0.6) is 11.8 Å². The van der Waals surface area contributed by atoms with E-state index in [1.54, 1.807) is 26.6 Å². The smallest absolute Gasteiger partial charge is 0.237 e. The number of amides is 1. The molecular formula is C34H37Cl2N7O4. The highest BCUT2D eigenvalue weighted by Crippen LogP contribution is 2.42. The molecule has 1 saturated heterocycles. The van der Waals surface area contributed by atoms with Crippen molar-refractivity contribution in [2.24, 2.45) is 0 Å². The van der Waals surface area contributed by atoms with E-state index in [2.05, 4.69) is 25.9 Å². The van der Waals surface area contributed by atoms with Gasteiger partial charge in [-0.3, -0.25) is 14.8 Å². The maximum absolute atomic E-state index is 11.5. The zero-order valence-corrected chi connectivity index (χ0v) is 27.7. The minimum atomic E-state index is -0.255. The molecule has 3 atom stereocenters. The van der Waals surface area contributed by atoms with Gasteiger partial charge in [-0.25, -0.2) is 9.97 Å². The molecule has 1 aliphatic heterocycles. The molecule has 0 unspecified atom stereocenters. The molecule has 4 N–H and O–H groups in total. The Morgan fingerprint density at radius 2 is 1.43 bits per heavy atom. The fourth-order valence-electron chi connectivity index (χ4n) is 6.08. The summed E-state index contributed by atoms with van der Waals surface area (Å²) in [5.41, 5.74) is 5.27. The van der Waals surface area contributed by atoms with Crippen LogP contribution in [0.2, 0.25) is 10.0 Å². The minimum Gasteiger partial charge on any atom is -0.480 e. The second kappa shape index (κ2) is 14.9. The van der Waals surface area contributed by atoms with Gasteiger partial charge in [-0.05, 0) is 25.7 Å². The van der Waals surface area contributed by atoms with E-state index in [1.807, 2.05) is 36.4 Å². The van der Waals surface area contributed by atoms with E-state index >= 15 is 0 Å².